The van der Waals surface area contributed by atoms with Crippen molar-refractivity contribution < 1.29 is 0 Å². The van der Waals surface area contributed by atoms with Crippen molar-refractivity contribution in [3.05, 3.63) is 64.3 Å². The second-order valence-electron chi connectivity index (χ2n) is 5.77. The highest BCUT2D eigenvalue weighted by molar-refractivity contribution is 9.13. The number of hydrogen-bond acceptors (Lipinski definition) is 0. The molecule has 0 saturated heterocycles. The van der Waals surface area contributed by atoms with E-state index in [4.69, 9.17) is 0 Å². The van der Waals surface area contributed by atoms with Crippen molar-refractivity contribution in [2.45, 2.75) is 6.92 Å². The number of aryl methyl sites for hydroxylation is 1. The topological polar surface area (TPSA) is 0 Å². The summed E-state index contributed by atoms with van der Waals surface area (Å²) >= 11 is 18.3. The van der Waals surface area contributed by atoms with Gasteiger partial charge in [0.15, 0.2) is 0 Å². The van der Waals surface area contributed by atoms with Crippen molar-refractivity contribution in [1.82, 2.24) is 0 Å². The predicted molar refractivity (Wildman–Crippen MR) is 122 cm³/mol. The number of hydrogen-bond donors (Lipinski definition) is 0. The summed E-state index contributed by atoms with van der Waals surface area (Å²) in [6.07, 6.45) is 0. The quantitative estimate of drug-likeness (QED) is 0.169. The van der Waals surface area contributed by atoms with Crippen molar-refractivity contribution in [3.8, 4) is 0 Å². The molecule has 0 bridgehead atoms. The third-order valence-electron chi connectivity index (χ3n) is 4.29. The smallest absolute Gasteiger partial charge is 0.0324 e. The molecule has 5 heteroatoms. The molecular formula is C19H9Br5. The molecule has 0 unspecified atom stereocenters. The van der Waals surface area contributed by atoms with Crippen LogP contribution in [0.3, 0.4) is 0 Å². The molecule has 4 rings (SSSR count). The Kier molecular flexibility index (Phi) is 4.62. The molecule has 0 fully saturated rings. The van der Waals surface area contributed by atoms with E-state index in [1.807, 2.05) is 0 Å². The Labute approximate surface area is 181 Å². The number of halogens is 5. The Bertz CT molecular complexity index is 894. The van der Waals surface area contributed by atoms with Crippen molar-refractivity contribution >= 4 is 112 Å². The molecule has 0 heterocycles. The first-order valence-corrected chi connectivity index (χ1v) is 11.1. The SMILES string of the molecule is Cc1cc2c(cc1Br)c1cc(Br)c(Br)cc1c1cc(Br)c(Br)cc21. The normalized spacial score (nSPS) is 11.8. The average Bonchev–Trinajstić information content (AvgIpc) is 2.53. The van der Waals surface area contributed by atoms with Gasteiger partial charge in [-0.2, -0.15) is 0 Å². The zero-order valence-corrected chi connectivity index (χ0v) is 20.3. The van der Waals surface area contributed by atoms with E-state index in [1.54, 1.807) is 0 Å². The molecule has 24 heavy (non-hydrogen) atoms. The van der Waals surface area contributed by atoms with Gasteiger partial charge in [0.2, 0.25) is 0 Å². The molecule has 0 nitrogen and oxygen atoms in total. The van der Waals surface area contributed by atoms with Crippen molar-refractivity contribution in [2.75, 3.05) is 0 Å². The molecule has 0 aliphatic rings. The Balaban J connectivity index is 2.40. The number of rotatable bonds is 0. The summed E-state index contributed by atoms with van der Waals surface area (Å²) in [5.74, 6) is 0. The largest absolute Gasteiger partial charge is 0.0505 e. The van der Waals surface area contributed by atoms with Gasteiger partial charge in [-0.25, -0.2) is 0 Å². The second-order valence-corrected chi connectivity index (χ2v) is 10.0. The molecule has 0 atom stereocenters. The van der Waals surface area contributed by atoms with Crippen LogP contribution in [-0.2, 0) is 0 Å². The predicted octanol–water partition coefficient (Wildman–Crippen LogP) is 9.27. The maximum atomic E-state index is 3.69. The Hall–Kier alpha value is 0.0600. The van der Waals surface area contributed by atoms with Crippen LogP contribution in [0.5, 0.6) is 0 Å². The molecule has 0 aromatic heterocycles. The van der Waals surface area contributed by atoms with E-state index in [1.165, 1.54) is 37.9 Å². The maximum Gasteiger partial charge on any atom is 0.0324 e. The van der Waals surface area contributed by atoms with Gasteiger partial charge < -0.3 is 0 Å². The van der Waals surface area contributed by atoms with Gasteiger partial charge in [0.25, 0.3) is 0 Å². The molecule has 0 aliphatic heterocycles. The first-order chi connectivity index (χ1) is 11.4. The Morgan fingerprint density at radius 1 is 0.417 bits per heavy atom. The van der Waals surface area contributed by atoms with Gasteiger partial charge in [-0.05, 0) is 145 Å². The summed E-state index contributed by atoms with van der Waals surface area (Å²) in [6.45, 7) is 2.13. The first-order valence-electron chi connectivity index (χ1n) is 7.16. The number of fused-ring (bicyclic) bond motifs is 6. The molecule has 120 valence electrons. The zero-order chi connectivity index (χ0) is 17.2. The van der Waals surface area contributed by atoms with Crippen molar-refractivity contribution in [2.24, 2.45) is 0 Å². The molecule has 4 aromatic carbocycles. The van der Waals surface area contributed by atoms with Gasteiger partial charge in [0, 0.05) is 22.4 Å². The lowest BCUT2D eigenvalue weighted by Crippen LogP contribution is -1.87. The van der Waals surface area contributed by atoms with Gasteiger partial charge in [0.1, 0.15) is 0 Å². The fourth-order valence-electron chi connectivity index (χ4n) is 3.11. The van der Waals surface area contributed by atoms with E-state index >= 15 is 0 Å². The van der Waals surface area contributed by atoms with Crippen LogP contribution in [0.15, 0.2) is 58.8 Å². The third kappa shape index (κ3) is 2.71. The third-order valence-corrected chi connectivity index (χ3v) is 8.83. The van der Waals surface area contributed by atoms with Crippen LogP contribution in [0.1, 0.15) is 5.56 Å². The molecule has 0 N–H and O–H groups in total. The summed E-state index contributed by atoms with van der Waals surface area (Å²) in [5.41, 5.74) is 1.23. The van der Waals surface area contributed by atoms with Crippen LogP contribution in [0, 0.1) is 6.92 Å². The number of benzene rings is 4. The van der Waals surface area contributed by atoms with Crippen LogP contribution in [-0.4, -0.2) is 0 Å². The van der Waals surface area contributed by atoms with Gasteiger partial charge in [-0.3, -0.25) is 0 Å². The van der Waals surface area contributed by atoms with E-state index in [2.05, 4.69) is 123 Å². The van der Waals surface area contributed by atoms with Gasteiger partial charge in [-0.15, -0.1) is 0 Å². The molecule has 0 spiro atoms. The summed E-state index contributed by atoms with van der Waals surface area (Å²) in [4.78, 5) is 0. The highest BCUT2D eigenvalue weighted by Crippen LogP contribution is 2.42. The minimum Gasteiger partial charge on any atom is -0.0505 e. The summed E-state index contributed by atoms with van der Waals surface area (Å²) in [7, 11) is 0. The fourth-order valence-corrected chi connectivity index (χ4v) is 4.83. The lowest BCUT2D eigenvalue weighted by Gasteiger charge is -2.14. The van der Waals surface area contributed by atoms with Gasteiger partial charge >= 0.3 is 0 Å². The molecule has 4 aromatic rings. The summed E-state index contributed by atoms with van der Waals surface area (Å²) in [6, 6.07) is 13.3. The second kappa shape index (κ2) is 6.34. The summed E-state index contributed by atoms with van der Waals surface area (Å²) < 4.78 is 5.37. The van der Waals surface area contributed by atoms with Gasteiger partial charge in [0.05, 0.1) is 0 Å². The average molecular weight is 637 g/mol. The lowest BCUT2D eigenvalue weighted by atomic mass is 9.93. The van der Waals surface area contributed by atoms with Crippen LogP contribution in [0.4, 0.5) is 0 Å². The van der Waals surface area contributed by atoms with E-state index < -0.39 is 0 Å². The maximum absolute atomic E-state index is 3.69. The first kappa shape index (κ1) is 17.5. The molecule has 0 amide bonds. The standard InChI is InChI=1S/C19H9Br5/c1-8-2-9-10(3-15(8)20)12-5-17(22)19(24)7-14(12)13-6-18(23)16(21)4-11(9)13/h2-7H,1H3. The van der Waals surface area contributed by atoms with Crippen LogP contribution >= 0.6 is 79.6 Å². The summed E-state index contributed by atoms with van der Waals surface area (Å²) in [5, 5.41) is 7.47. The van der Waals surface area contributed by atoms with E-state index in [0.29, 0.717) is 0 Å². The fraction of sp³-hybridized carbons (Fsp3) is 0.0526. The van der Waals surface area contributed by atoms with E-state index in [0.717, 1.165) is 22.4 Å². The highest BCUT2D eigenvalue weighted by Gasteiger charge is 2.14. The van der Waals surface area contributed by atoms with Gasteiger partial charge in [-0.1, -0.05) is 15.9 Å². The Morgan fingerprint density at radius 3 is 1.00 bits per heavy atom. The van der Waals surface area contributed by atoms with Crippen molar-refractivity contribution in [1.29, 1.82) is 0 Å². The Morgan fingerprint density at radius 2 is 0.667 bits per heavy atom. The minimum atomic E-state index is 1.06. The van der Waals surface area contributed by atoms with Crippen LogP contribution < -0.4 is 0 Å². The lowest BCUT2D eigenvalue weighted by molar-refractivity contribution is 1.47. The van der Waals surface area contributed by atoms with Crippen molar-refractivity contribution in [3.63, 3.8) is 0 Å². The minimum absolute atomic E-state index is 1.06. The van der Waals surface area contributed by atoms with Crippen LogP contribution in [0.25, 0.3) is 32.3 Å². The van der Waals surface area contributed by atoms with E-state index in [-0.39, 0.29) is 0 Å². The molecule has 0 saturated carbocycles. The zero-order valence-electron chi connectivity index (χ0n) is 12.4. The molecule has 0 radical (unpaired) electrons. The highest BCUT2D eigenvalue weighted by atomic mass is 79.9. The van der Waals surface area contributed by atoms with Crippen LogP contribution in [0.2, 0.25) is 0 Å². The van der Waals surface area contributed by atoms with E-state index in [9.17, 15) is 0 Å². The molecule has 0 aliphatic carbocycles. The molecular weight excluding hydrogens is 628 g/mol. The monoisotopic (exact) mass is 632 g/mol.